The Kier molecular flexibility index (Phi) is 6.67. The highest BCUT2D eigenvalue weighted by Crippen LogP contribution is 2.35. The van der Waals surface area contributed by atoms with Crippen molar-refractivity contribution in [3.8, 4) is 0 Å². The van der Waals surface area contributed by atoms with Gasteiger partial charge in [-0.05, 0) is 41.1 Å². The van der Waals surface area contributed by atoms with Crippen molar-refractivity contribution in [2.75, 3.05) is 26.2 Å². The lowest BCUT2D eigenvalue weighted by molar-refractivity contribution is -0.936. The molecular formula is C27H27F2N2O3S+. The number of piperidine rings is 3. The van der Waals surface area contributed by atoms with Crippen molar-refractivity contribution < 1.29 is 27.6 Å². The van der Waals surface area contributed by atoms with Crippen LogP contribution in [-0.2, 0) is 4.74 Å². The van der Waals surface area contributed by atoms with E-state index in [9.17, 15) is 18.4 Å². The van der Waals surface area contributed by atoms with E-state index in [-0.39, 0.29) is 17.4 Å². The largest absolute Gasteiger partial charge is 0.436 e. The van der Waals surface area contributed by atoms with Gasteiger partial charge >= 0.3 is 6.09 Å². The van der Waals surface area contributed by atoms with Crippen LogP contribution < -0.4 is 5.32 Å². The smallest absolute Gasteiger partial charge is 0.408 e. The van der Waals surface area contributed by atoms with E-state index >= 15 is 0 Å². The summed E-state index contributed by atoms with van der Waals surface area (Å²) in [7, 11) is 0. The Morgan fingerprint density at radius 3 is 2.46 bits per heavy atom. The average Bonchev–Trinajstić information content (AvgIpc) is 3.40. The predicted molar refractivity (Wildman–Crippen MR) is 129 cm³/mol. The number of benzene rings is 2. The fraction of sp³-hybridized carbons (Fsp3) is 0.333. The standard InChI is InChI=1S/C27H26F2N2O3S/c28-20-9-7-19(8-10-20)26(21-4-1-2-5-22(21)29)34-27(33)30-23-16-31(13-11-18(23)12-14-31)17-24(32)25-6-3-15-35-25/h1-10,15,18,23,26H,11-14,16-17H2/p+1. The van der Waals surface area contributed by atoms with Gasteiger partial charge in [-0.25, -0.2) is 13.6 Å². The molecule has 35 heavy (non-hydrogen) atoms. The molecule has 5 nitrogen and oxygen atoms in total. The molecule has 1 N–H and O–H groups in total. The molecule has 2 atom stereocenters. The number of quaternary nitrogens is 1. The summed E-state index contributed by atoms with van der Waals surface area (Å²) in [6.45, 7) is 2.93. The number of ketones is 1. The number of ether oxygens (including phenoxy) is 1. The van der Waals surface area contributed by atoms with Crippen LogP contribution in [-0.4, -0.2) is 48.6 Å². The minimum Gasteiger partial charge on any atom is -0.436 e. The third-order valence-electron chi connectivity index (χ3n) is 7.27. The second kappa shape index (κ2) is 9.87. The Balaban J connectivity index is 1.30. The zero-order chi connectivity index (χ0) is 24.4. The zero-order valence-electron chi connectivity index (χ0n) is 19.2. The minimum absolute atomic E-state index is 0.129. The number of carbonyl (C=O) groups excluding carboxylic acids is 2. The number of amides is 1. The molecule has 0 spiro atoms. The molecule has 3 aliphatic heterocycles. The first kappa shape index (κ1) is 23.6. The Morgan fingerprint density at radius 1 is 1.03 bits per heavy atom. The predicted octanol–water partition coefficient (Wildman–Crippen LogP) is 5.33. The molecule has 3 saturated heterocycles. The Labute approximate surface area is 206 Å². The molecule has 2 aromatic carbocycles. The summed E-state index contributed by atoms with van der Waals surface area (Å²) in [4.78, 5) is 26.6. The minimum atomic E-state index is -1.01. The van der Waals surface area contributed by atoms with E-state index in [0.29, 0.717) is 29.1 Å². The molecule has 1 amide bonds. The first-order valence-corrected chi connectivity index (χ1v) is 12.7. The molecule has 0 saturated carbocycles. The van der Waals surface area contributed by atoms with Crippen molar-refractivity contribution in [2.24, 2.45) is 5.92 Å². The van der Waals surface area contributed by atoms with Gasteiger partial charge in [0.25, 0.3) is 0 Å². The first-order chi connectivity index (χ1) is 16.9. The van der Waals surface area contributed by atoms with Crippen molar-refractivity contribution in [2.45, 2.75) is 25.0 Å². The van der Waals surface area contributed by atoms with Crippen LogP contribution in [0.4, 0.5) is 13.6 Å². The van der Waals surface area contributed by atoms with Gasteiger partial charge in [0, 0.05) is 18.4 Å². The number of alkyl carbamates (subject to hydrolysis) is 1. The first-order valence-electron chi connectivity index (χ1n) is 11.8. The number of hydrogen-bond acceptors (Lipinski definition) is 4. The van der Waals surface area contributed by atoms with E-state index in [0.717, 1.165) is 30.8 Å². The Bertz CT molecular complexity index is 1190. The number of Topliss-reactive ketones (excluding diaryl/α,β-unsaturated/α-hetero) is 1. The normalized spacial score (nSPS) is 24.1. The SMILES string of the molecule is O=C(NC1C[N+]2(CC(=O)c3cccs3)CCC1CC2)OC(c1ccc(F)cc1)c1ccccc1F. The molecule has 6 rings (SSSR count). The highest BCUT2D eigenvalue weighted by atomic mass is 32.1. The van der Waals surface area contributed by atoms with Crippen molar-refractivity contribution >= 4 is 23.2 Å². The highest BCUT2D eigenvalue weighted by Gasteiger charge is 2.47. The molecule has 1 aromatic heterocycles. The van der Waals surface area contributed by atoms with Gasteiger partial charge in [-0.1, -0.05) is 36.4 Å². The van der Waals surface area contributed by atoms with Gasteiger partial charge < -0.3 is 14.5 Å². The molecule has 3 aliphatic rings. The third-order valence-corrected chi connectivity index (χ3v) is 8.18. The molecule has 0 aliphatic carbocycles. The zero-order valence-corrected chi connectivity index (χ0v) is 20.0. The van der Waals surface area contributed by atoms with Crippen LogP contribution in [0.3, 0.4) is 0 Å². The second-order valence-electron chi connectivity index (χ2n) is 9.48. The number of nitrogens with one attached hydrogen (secondary N) is 1. The number of rotatable bonds is 7. The van der Waals surface area contributed by atoms with Gasteiger partial charge in [0.05, 0.1) is 30.6 Å². The highest BCUT2D eigenvalue weighted by molar-refractivity contribution is 7.12. The molecule has 4 heterocycles. The lowest BCUT2D eigenvalue weighted by Gasteiger charge is -2.52. The summed E-state index contributed by atoms with van der Waals surface area (Å²) in [6.07, 6.45) is 0.194. The lowest BCUT2D eigenvalue weighted by atomic mass is 9.81. The molecule has 2 unspecified atom stereocenters. The third kappa shape index (κ3) is 5.13. The Hall–Kier alpha value is -3.10. The number of fused-ring (bicyclic) bond motifs is 3. The number of hydrogen-bond donors (Lipinski definition) is 1. The molecular weight excluding hydrogens is 470 g/mol. The van der Waals surface area contributed by atoms with Crippen LogP contribution in [0.5, 0.6) is 0 Å². The van der Waals surface area contributed by atoms with E-state index in [1.807, 2.05) is 17.5 Å². The average molecular weight is 498 g/mol. The van der Waals surface area contributed by atoms with Crippen LogP contribution in [0.15, 0.2) is 66.0 Å². The summed E-state index contributed by atoms with van der Waals surface area (Å²) in [6, 6.07) is 15.2. The summed E-state index contributed by atoms with van der Waals surface area (Å²) in [5.74, 6) is -0.479. The maximum Gasteiger partial charge on any atom is 0.408 e. The summed E-state index contributed by atoms with van der Waals surface area (Å²) in [5.41, 5.74) is 0.679. The van der Waals surface area contributed by atoms with Gasteiger partial charge in [-0.3, -0.25) is 4.79 Å². The molecule has 3 fully saturated rings. The molecule has 8 heteroatoms. The van der Waals surface area contributed by atoms with E-state index < -0.39 is 23.8 Å². The fourth-order valence-electron chi connectivity index (χ4n) is 5.42. The van der Waals surface area contributed by atoms with Crippen LogP contribution >= 0.6 is 11.3 Å². The number of carbonyl (C=O) groups is 2. The van der Waals surface area contributed by atoms with Crippen molar-refractivity contribution in [1.82, 2.24) is 5.32 Å². The monoisotopic (exact) mass is 497 g/mol. The van der Waals surface area contributed by atoms with E-state index in [1.54, 1.807) is 18.2 Å². The maximum absolute atomic E-state index is 14.6. The second-order valence-corrected chi connectivity index (χ2v) is 10.4. The van der Waals surface area contributed by atoms with Gasteiger partial charge in [-0.15, -0.1) is 11.3 Å². The summed E-state index contributed by atoms with van der Waals surface area (Å²) >= 11 is 1.45. The number of halogens is 2. The lowest BCUT2D eigenvalue weighted by Crippen LogP contribution is -2.68. The van der Waals surface area contributed by atoms with Gasteiger partial charge in [0.15, 0.2) is 6.10 Å². The summed E-state index contributed by atoms with van der Waals surface area (Å²) in [5, 5.41) is 4.91. The van der Waals surface area contributed by atoms with Crippen LogP contribution in [0.1, 0.15) is 39.7 Å². The van der Waals surface area contributed by atoms with Crippen LogP contribution in [0.2, 0.25) is 0 Å². The van der Waals surface area contributed by atoms with Crippen molar-refractivity contribution in [1.29, 1.82) is 0 Å². The van der Waals surface area contributed by atoms with Crippen molar-refractivity contribution in [3.05, 3.63) is 93.7 Å². The van der Waals surface area contributed by atoms with Crippen LogP contribution in [0, 0.1) is 17.6 Å². The van der Waals surface area contributed by atoms with E-state index in [2.05, 4.69) is 5.32 Å². The van der Waals surface area contributed by atoms with Crippen molar-refractivity contribution in [3.63, 3.8) is 0 Å². The molecule has 0 radical (unpaired) electrons. The molecule has 182 valence electrons. The topological polar surface area (TPSA) is 55.4 Å². The van der Waals surface area contributed by atoms with E-state index in [1.165, 1.54) is 41.7 Å². The molecule has 3 aromatic rings. The Morgan fingerprint density at radius 2 is 1.77 bits per heavy atom. The quantitative estimate of drug-likeness (QED) is 0.355. The fourth-order valence-corrected chi connectivity index (χ4v) is 6.08. The van der Waals surface area contributed by atoms with Gasteiger partial charge in [-0.2, -0.15) is 0 Å². The summed E-state index contributed by atoms with van der Waals surface area (Å²) < 4.78 is 34.5. The number of thiophene rings is 1. The van der Waals surface area contributed by atoms with Gasteiger partial charge in [0.1, 0.15) is 18.2 Å². The van der Waals surface area contributed by atoms with Gasteiger partial charge in [0.2, 0.25) is 5.78 Å². The number of nitrogens with zero attached hydrogens (tertiary/aromatic N) is 1. The van der Waals surface area contributed by atoms with E-state index in [4.69, 9.17) is 4.74 Å². The maximum atomic E-state index is 14.6. The van der Waals surface area contributed by atoms with Crippen LogP contribution in [0.25, 0.3) is 0 Å². The molecule has 2 bridgehead atoms.